The third-order valence-electron chi connectivity index (χ3n) is 7.71. The summed E-state index contributed by atoms with van der Waals surface area (Å²) in [6.45, 7) is 0. The minimum atomic E-state index is -3.12. The quantitative estimate of drug-likeness (QED) is 0.181. The summed E-state index contributed by atoms with van der Waals surface area (Å²) >= 11 is 0. The Morgan fingerprint density at radius 1 is 0.432 bits per heavy atom. The fourth-order valence-electron chi connectivity index (χ4n) is 5.50. The zero-order valence-corrected chi connectivity index (χ0v) is 24.3. The Balaban J connectivity index is 1.38. The molecule has 6 aromatic carbocycles. The van der Waals surface area contributed by atoms with Crippen molar-refractivity contribution in [1.29, 1.82) is 0 Å². The number of nitrogens with zero attached hydrogens (tertiary/aromatic N) is 2. The Kier molecular flexibility index (Phi) is 7.17. The molecule has 1 aromatic heterocycles. The van der Waals surface area contributed by atoms with Gasteiger partial charge in [0.1, 0.15) is 11.6 Å². The Labute approximate surface area is 253 Å². The van der Waals surface area contributed by atoms with Gasteiger partial charge in [0.25, 0.3) is 0 Å². The van der Waals surface area contributed by atoms with Crippen LogP contribution >= 0.6 is 7.14 Å². The van der Waals surface area contributed by atoms with Gasteiger partial charge in [0.2, 0.25) is 0 Å². The molecule has 0 saturated carbocycles. The maximum atomic E-state index is 14.8. The van der Waals surface area contributed by atoms with Crippen LogP contribution in [-0.4, -0.2) is 9.97 Å². The number of benzene rings is 6. The number of fused-ring (bicyclic) bond motifs is 1. The van der Waals surface area contributed by atoms with E-state index < -0.39 is 7.14 Å². The van der Waals surface area contributed by atoms with Crippen molar-refractivity contribution < 1.29 is 13.3 Å². The van der Waals surface area contributed by atoms with E-state index in [0.29, 0.717) is 33.5 Å². The van der Waals surface area contributed by atoms with Gasteiger partial charge in [-0.2, -0.15) is 0 Å². The first-order valence-corrected chi connectivity index (χ1v) is 15.9. The van der Waals surface area contributed by atoms with E-state index in [2.05, 4.69) is 0 Å². The van der Waals surface area contributed by atoms with Crippen molar-refractivity contribution in [3.05, 3.63) is 163 Å². The molecule has 6 heteroatoms. The third-order valence-corrected chi connectivity index (χ3v) is 10.8. The van der Waals surface area contributed by atoms with Crippen molar-refractivity contribution in [1.82, 2.24) is 9.97 Å². The zero-order valence-electron chi connectivity index (χ0n) is 23.4. The van der Waals surface area contributed by atoms with Gasteiger partial charge in [0, 0.05) is 32.6 Å². The van der Waals surface area contributed by atoms with Crippen molar-refractivity contribution in [3.8, 4) is 33.6 Å². The van der Waals surface area contributed by atoms with E-state index in [1.807, 2.05) is 103 Å². The largest absolute Gasteiger partial charge is 0.309 e. The number of aromatic nitrogens is 2. The third kappa shape index (κ3) is 5.02. The Morgan fingerprint density at radius 2 is 0.886 bits per heavy atom. The highest BCUT2D eigenvalue weighted by Gasteiger charge is 2.29. The molecule has 0 N–H and O–H groups in total. The molecule has 1 heterocycles. The van der Waals surface area contributed by atoms with Crippen LogP contribution in [0.4, 0.5) is 8.78 Å². The summed E-state index contributed by atoms with van der Waals surface area (Å²) in [7, 11) is -3.12. The van der Waals surface area contributed by atoms with E-state index >= 15 is 0 Å². The average Bonchev–Trinajstić information content (AvgIpc) is 3.09. The fourth-order valence-corrected chi connectivity index (χ4v) is 8.15. The molecular formula is C38H25F2N2OP. The number of hydrogen-bond acceptors (Lipinski definition) is 3. The van der Waals surface area contributed by atoms with Gasteiger partial charge < -0.3 is 4.57 Å². The molecule has 212 valence electrons. The van der Waals surface area contributed by atoms with Gasteiger partial charge in [-0.15, -0.1) is 0 Å². The van der Waals surface area contributed by atoms with E-state index in [0.717, 1.165) is 27.0 Å². The molecule has 3 nitrogen and oxygen atoms in total. The molecular weight excluding hydrogens is 569 g/mol. The summed E-state index contributed by atoms with van der Waals surface area (Å²) in [6, 6.07) is 44.9. The lowest BCUT2D eigenvalue weighted by Crippen LogP contribution is -2.24. The Hall–Kier alpha value is -5.25. The normalized spacial score (nSPS) is 11.5. The lowest BCUT2D eigenvalue weighted by Gasteiger charge is -2.20. The van der Waals surface area contributed by atoms with E-state index in [-0.39, 0.29) is 11.6 Å². The van der Waals surface area contributed by atoms with Crippen molar-refractivity contribution in [3.63, 3.8) is 0 Å². The van der Waals surface area contributed by atoms with E-state index in [4.69, 9.17) is 9.97 Å². The molecule has 0 spiro atoms. The summed E-state index contributed by atoms with van der Waals surface area (Å²) in [4.78, 5) is 10.1. The SMILES string of the molecule is O=P(c1ccccc1)(c1ccccc1)c1ccc(-c2cccc3nc(-c4ccc(F)cc4)c(-c4ccc(F)cc4)nc23)cc1. The van der Waals surface area contributed by atoms with Crippen LogP contribution in [-0.2, 0) is 4.57 Å². The minimum Gasteiger partial charge on any atom is -0.309 e. The maximum Gasteiger partial charge on any atom is 0.171 e. The molecule has 0 aliphatic rings. The highest BCUT2D eigenvalue weighted by molar-refractivity contribution is 7.85. The lowest BCUT2D eigenvalue weighted by molar-refractivity contribution is 0.592. The van der Waals surface area contributed by atoms with Gasteiger partial charge in [-0.3, -0.25) is 0 Å². The van der Waals surface area contributed by atoms with Crippen molar-refractivity contribution in [2.24, 2.45) is 0 Å². The van der Waals surface area contributed by atoms with Crippen LogP contribution in [0.5, 0.6) is 0 Å². The number of para-hydroxylation sites is 1. The average molecular weight is 595 g/mol. The number of rotatable bonds is 6. The van der Waals surface area contributed by atoms with Crippen LogP contribution in [0.2, 0.25) is 0 Å². The molecule has 7 rings (SSSR count). The van der Waals surface area contributed by atoms with Crippen LogP contribution in [0.25, 0.3) is 44.7 Å². The standard InChI is InChI=1S/C38H25F2N2OP/c39-29-20-14-27(15-21-29)36-37(28-16-22-30(40)23-17-28)42-38-34(12-7-13-35(38)41-36)26-18-24-33(25-19-26)44(43,31-8-3-1-4-9-31)32-10-5-2-6-11-32/h1-25H. The summed E-state index contributed by atoms with van der Waals surface area (Å²) in [5.41, 5.74) is 5.60. The summed E-state index contributed by atoms with van der Waals surface area (Å²) in [5, 5.41) is 2.27. The molecule has 0 bridgehead atoms. The van der Waals surface area contributed by atoms with E-state index in [1.54, 1.807) is 24.3 Å². The first-order valence-electron chi connectivity index (χ1n) is 14.2. The second-order valence-corrected chi connectivity index (χ2v) is 13.2. The monoisotopic (exact) mass is 594 g/mol. The lowest BCUT2D eigenvalue weighted by atomic mass is 10.0. The number of hydrogen-bond donors (Lipinski definition) is 0. The van der Waals surface area contributed by atoms with Crippen LogP contribution in [0, 0.1) is 11.6 Å². The molecule has 0 unspecified atom stereocenters. The highest BCUT2D eigenvalue weighted by Crippen LogP contribution is 2.43. The molecule has 44 heavy (non-hydrogen) atoms. The summed E-state index contributed by atoms with van der Waals surface area (Å²) < 4.78 is 42.4. The fraction of sp³-hybridized carbons (Fsp3) is 0. The highest BCUT2D eigenvalue weighted by atomic mass is 31.2. The molecule has 0 atom stereocenters. The van der Waals surface area contributed by atoms with Crippen LogP contribution in [0.15, 0.2) is 152 Å². The second-order valence-electron chi connectivity index (χ2n) is 10.4. The van der Waals surface area contributed by atoms with Crippen LogP contribution in [0.1, 0.15) is 0 Å². The topological polar surface area (TPSA) is 42.9 Å². The summed E-state index contributed by atoms with van der Waals surface area (Å²) in [5.74, 6) is -0.699. The summed E-state index contributed by atoms with van der Waals surface area (Å²) in [6.07, 6.45) is 0. The van der Waals surface area contributed by atoms with Gasteiger partial charge in [-0.1, -0.05) is 97.1 Å². The van der Waals surface area contributed by atoms with Crippen molar-refractivity contribution >= 4 is 34.1 Å². The molecule has 7 aromatic rings. The van der Waals surface area contributed by atoms with Gasteiger partial charge in [-0.25, -0.2) is 18.7 Å². The van der Waals surface area contributed by atoms with Crippen LogP contribution < -0.4 is 15.9 Å². The predicted octanol–water partition coefficient (Wildman–Crippen LogP) is 8.55. The molecule has 0 fully saturated rings. The molecule has 0 amide bonds. The van der Waals surface area contributed by atoms with Crippen LogP contribution in [0.3, 0.4) is 0 Å². The molecule has 0 radical (unpaired) electrons. The first-order chi connectivity index (χ1) is 21.5. The maximum absolute atomic E-state index is 14.8. The second kappa shape index (κ2) is 11.4. The van der Waals surface area contributed by atoms with Crippen molar-refractivity contribution in [2.45, 2.75) is 0 Å². The Bertz CT molecular complexity index is 2090. The van der Waals surface area contributed by atoms with Crippen molar-refractivity contribution in [2.75, 3.05) is 0 Å². The van der Waals surface area contributed by atoms with E-state index in [9.17, 15) is 13.3 Å². The Morgan fingerprint density at radius 3 is 1.41 bits per heavy atom. The molecule has 0 aliphatic carbocycles. The van der Waals surface area contributed by atoms with Gasteiger partial charge in [0.05, 0.1) is 22.4 Å². The number of halogens is 2. The minimum absolute atomic E-state index is 0.347. The van der Waals surface area contributed by atoms with Gasteiger partial charge in [-0.05, 0) is 60.2 Å². The van der Waals surface area contributed by atoms with E-state index in [1.165, 1.54) is 24.3 Å². The smallest absolute Gasteiger partial charge is 0.171 e. The van der Waals surface area contributed by atoms with Gasteiger partial charge >= 0.3 is 0 Å². The van der Waals surface area contributed by atoms with Gasteiger partial charge in [0.15, 0.2) is 7.14 Å². The zero-order chi connectivity index (χ0) is 30.1. The molecule has 0 saturated heterocycles. The predicted molar refractivity (Wildman–Crippen MR) is 175 cm³/mol. The first kappa shape index (κ1) is 27.6. The molecule has 0 aliphatic heterocycles.